The lowest BCUT2D eigenvalue weighted by Gasteiger charge is -2.18. The molecule has 0 aromatic carbocycles. The molecule has 1 unspecified atom stereocenters. The van der Waals surface area contributed by atoms with E-state index in [2.05, 4.69) is 112 Å². The zero-order valence-electron chi connectivity index (χ0n) is 42.0. The SMILES string of the molecule is CC/C=C\C/C=C\C/C=C\C/C=C\CCC(=O)OC(COCCCCCCCCCC/C=C\C/C=C\C/C=C\CC)COC(=O)CCCCCCCCC/C=C\CCCCCCCC. The fourth-order valence-corrected chi connectivity index (χ4v) is 7.18. The van der Waals surface area contributed by atoms with E-state index in [0.717, 1.165) is 77.0 Å². The van der Waals surface area contributed by atoms with Crippen LogP contribution in [0.5, 0.6) is 0 Å². The van der Waals surface area contributed by atoms with Crippen LogP contribution in [0.15, 0.2) is 97.2 Å². The Morgan fingerprint density at radius 3 is 1.20 bits per heavy atom. The van der Waals surface area contributed by atoms with Gasteiger partial charge in [0.2, 0.25) is 0 Å². The van der Waals surface area contributed by atoms with E-state index in [1.54, 1.807) is 0 Å². The minimum Gasteiger partial charge on any atom is -0.462 e. The van der Waals surface area contributed by atoms with Crippen molar-refractivity contribution in [2.24, 2.45) is 0 Å². The first kappa shape index (κ1) is 60.8. The number of ether oxygens (including phenoxy) is 3. The molecule has 0 amide bonds. The van der Waals surface area contributed by atoms with Crippen LogP contribution in [0.3, 0.4) is 0 Å². The van der Waals surface area contributed by atoms with Crippen molar-refractivity contribution in [3.63, 3.8) is 0 Å². The summed E-state index contributed by atoms with van der Waals surface area (Å²) in [6.07, 6.45) is 72.9. The summed E-state index contributed by atoms with van der Waals surface area (Å²) in [5.41, 5.74) is 0. The van der Waals surface area contributed by atoms with E-state index >= 15 is 0 Å². The van der Waals surface area contributed by atoms with Gasteiger partial charge in [-0.1, -0.05) is 221 Å². The first-order valence-corrected chi connectivity index (χ1v) is 26.8. The van der Waals surface area contributed by atoms with Crippen LogP contribution in [0.25, 0.3) is 0 Å². The van der Waals surface area contributed by atoms with Crippen molar-refractivity contribution in [1.29, 1.82) is 0 Å². The third-order valence-corrected chi connectivity index (χ3v) is 11.1. The number of esters is 2. The van der Waals surface area contributed by atoms with Crippen molar-refractivity contribution in [2.45, 2.75) is 245 Å². The molecule has 5 heteroatoms. The van der Waals surface area contributed by atoms with Gasteiger partial charge in [0, 0.05) is 19.4 Å². The molecule has 0 aromatic rings. The summed E-state index contributed by atoms with van der Waals surface area (Å²) in [5, 5.41) is 0. The van der Waals surface area contributed by atoms with E-state index in [1.165, 1.54) is 122 Å². The standard InChI is InChI=1S/C59H100O5/c1-4-7-10-13-16-19-22-25-27-29-31-33-36-39-42-45-48-51-54-62-55-57(64-59(61)53-50-47-44-41-38-34-24-21-18-15-12-9-6-3)56-63-58(60)52-49-46-43-40-37-35-32-30-28-26-23-20-17-14-11-8-5-2/h7,9-10,12,16,18-19,21,25-28,34,38,44,47,57H,4-6,8,11,13-15,17,20,22-24,29-33,35-37,39-43,45-46,48-56H2,1-3H3/b10-7-,12-9-,19-16-,21-18-,27-25-,28-26-,38-34-,47-44-. The largest absolute Gasteiger partial charge is 0.462 e. The number of carbonyl (C=O) groups is 2. The normalized spacial score (nSPS) is 13.0. The fourth-order valence-electron chi connectivity index (χ4n) is 7.18. The molecular formula is C59H100O5. The van der Waals surface area contributed by atoms with Crippen LogP contribution in [0.4, 0.5) is 0 Å². The molecule has 0 aromatic heterocycles. The Morgan fingerprint density at radius 1 is 0.359 bits per heavy atom. The van der Waals surface area contributed by atoms with Crippen molar-refractivity contribution in [3.8, 4) is 0 Å². The number of carbonyl (C=O) groups excluding carboxylic acids is 2. The summed E-state index contributed by atoms with van der Waals surface area (Å²) in [6, 6.07) is 0. The second-order valence-corrected chi connectivity index (χ2v) is 17.4. The van der Waals surface area contributed by atoms with E-state index in [9.17, 15) is 9.59 Å². The van der Waals surface area contributed by atoms with Crippen LogP contribution in [0.2, 0.25) is 0 Å². The fraction of sp³-hybridized carbons (Fsp3) is 0.695. The van der Waals surface area contributed by atoms with Crippen molar-refractivity contribution in [3.05, 3.63) is 97.2 Å². The molecule has 0 N–H and O–H groups in total. The van der Waals surface area contributed by atoms with Crippen molar-refractivity contribution >= 4 is 11.9 Å². The Labute approximate surface area is 396 Å². The molecule has 0 rings (SSSR count). The van der Waals surface area contributed by atoms with Crippen molar-refractivity contribution in [1.82, 2.24) is 0 Å². The van der Waals surface area contributed by atoms with Gasteiger partial charge in [-0.2, -0.15) is 0 Å². The lowest BCUT2D eigenvalue weighted by molar-refractivity contribution is -0.162. The maximum absolute atomic E-state index is 12.8. The molecule has 64 heavy (non-hydrogen) atoms. The highest BCUT2D eigenvalue weighted by Crippen LogP contribution is 2.14. The number of rotatable bonds is 48. The zero-order valence-corrected chi connectivity index (χ0v) is 42.0. The highest BCUT2D eigenvalue weighted by Gasteiger charge is 2.17. The molecule has 0 aliphatic rings. The molecular weight excluding hydrogens is 789 g/mol. The van der Waals surface area contributed by atoms with Gasteiger partial charge in [-0.25, -0.2) is 0 Å². The van der Waals surface area contributed by atoms with Crippen molar-refractivity contribution < 1.29 is 23.8 Å². The number of hydrogen-bond acceptors (Lipinski definition) is 5. The van der Waals surface area contributed by atoms with E-state index in [0.29, 0.717) is 25.9 Å². The van der Waals surface area contributed by atoms with E-state index < -0.39 is 6.10 Å². The third-order valence-electron chi connectivity index (χ3n) is 11.1. The predicted molar refractivity (Wildman–Crippen MR) is 279 cm³/mol. The second kappa shape index (κ2) is 54.2. The van der Waals surface area contributed by atoms with E-state index in [1.807, 2.05) is 6.08 Å². The minimum absolute atomic E-state index is 0.0474. The maximum Gasteiger partial charge on any atom is 0.306 e. The average molecular weight is 889 g/mol. The summed E-state index contributed by atoms with van der Waals surface area (Å²) in [5.74, 6) is -0.500. The summed E-state index contributed by atoms with van der Waals surface area (Å²) in [7, 11) is 0. The first-order chi connectivity index (χ1) is 31.6. The minimum atomic E-state index is -0.585. The number of unbranched alkanes of at least 4 members (excludes halogenated alkanes) is 21. The smallest absolute Gasteiger partial charge is 0.306 e. The Hall–Kier alpha value is -3.18. The topological polar surface area (TPSA) is 61.8 Å². The molecule has 0 saturated heterocycles. The highest BCUT2D eigenvalue weighted by molar-refractivity contribution is 5.70. The lowest BCUT2D eigenvalue weighted by Crippen LogP contribution is -2.30. The molecule has 0 heterocycles. The Balaban J connectivity index is 4.35. The maximum atomic E-state index is 12.8. The summed E-state index contributed by atoms with van der Waals surface area (Å²) < 4.78 is 17.3. The van der Waals surface area contributed by atoms with E-state index in [-0.39, 0.29) is 25.2 Å². The molecule has 0 saturated carbocycles. The molecule has 0 bridgehead atoms. The molecule has 366 valence electrons. The zero-order chi connectivity index (χ0) is 46.3. The van der Waals surface area contributed by atoms with Crippen molar-refractivity contribution in [2.75, 3.05) is 19.8 Å². The van der Waals surface area contributed by atoms with Gasteiger partial charge in [-0.05, 0) is 103 Å². The van der Waals surface area contributed by atoms with Crippen LogP contribution >= 0.6 is 0 Å². The summed E-state index contributed by atoms with van der Waals surface area (Å²) in [4.78, 5) is 25.4. The van der Waals surface area contributed by atoms with Gasteiger partial charge in [-0.3, -0.25) is 9.59 Å². The van der Waals surface area contributed by atoms with Crippen LogP contribution in [-0.4, -0.2) is 37.9 Å². The van der Waals surface area contributed by atoms with Gasteiger partial charge in [0.1, 0.15) is 6.61 Å². The van der Waals surface area contributed by atoms with Crippen LogP contribution in [-0.2, 0) is 23.8 Å². The average Bonchev–Trinajstić information content (AvgIpc) is 3.30. The van der Waals surface area contributed by atoms with Gasteiger partial charge in [0.15, 0.2) is 6.10 Å². The van der Waals surface area contributed by atoms with Gasteiger partial charge in [0.05, 0.1) is 6.61 Å². The number of allylic oxidation sites excluding steroid dienone is 16. The molecule has 0 radical (unpaired) electrons. The molecule has 0 aliphatic carbocycles. The van der Waals surface area contributed by atoms with Crippen LogP contribution in [0.1, 0.15) is 239 Å². The molecule has 0 spiro atoms. The molecule has 5 nitrogen and oxygen atoms in total. The van der Waals surface area contributed by atoms with Gasteiger partial charge < -0.3 is 14.2 Å². The monoisotopic (exact) mass is 889 g/mol. The molecule has 0 aliphatic heterocycles. The summed E-state index contributed by atoms with van der Waals surface area (Å²) in [6.45, 7) is 7.51. The van der Waals surface area contributed by atoms with Gasteiger partial charge in [0.25, 0.3) is 0 Å². The Bertz CT molecular complexity index is 1230. The second-order valence-electron chi connectivity index (χ2n) is 17.4. The van der Waals surface area contributed by atoms with Gasteiger partial charge in [-0.15, -0.1) is 0 Å². The van der Waals surface area contributed by atoms with Crippen LogP contribution in [0, 0.1) is 0 Å². The molecule has 0 fully saturated rings. The molecule has 1 atom stereocenters. The quantitative estimate of drug-likeness (QED) is 0.0346. The summed E-state index contributed by atoms with van der Waals surface area (Å²) >= 11 is 0. The third kappa shape index (κ3) is 51.5. The van der Waals surface area contributed by atoms with Gasteiger partial charge >= 0.3 is 11.9 Å². The highest BCUT2D eigenvalue weighted by atomic mass is 16.6. The predicted octanol–water partition coefficient (Wildman–Crippen LogP) is 18.2. The van der Waals surface area contributed by atoms with Crippen LogP contribution < -0.4 is 0 Å². The number of hydrogen-bond donors (Lipinski definition) is 0. The Kier molecular flexibility index (Phi) is 51.5. The van der Waals surface area contributed by atoms with E-state index in [4.69, 9.17) is 14.2 Å². The lowest BCUT2D eigenvalue weighted by atomic mass is 10.1. The Morgan fingerprint density at radius 2 is 0.734 bits per heavy atom. The first-order valence-electron chi connectivity index (χ1n) is 26.8.